The number of hydrogen-bond acceptors (Lipinski definition) is 1. The fourth-order valence-electron chi connectivity index (χ4n) is 0.374. The lowest BCUT2D eigenvalue weighted by Crippen LogP contribution is -1.70. The van der Waals surface area contributed by atoms with Crippen LogP contribution in [0, 0.1) is 0 Å². The SMILES string of the molecule is CC=CC=NCC=CC. The van der Waals surface area contributed by atoms with Gasteiger partial charge in [-0.2, -0.15) is 0 Å². The minimum Gasteiger partial charge on any atom is -0.289 e. The van der Waals surface area contributed by atoms with Crippen LogP contribution < -0.4 is 0 Å². The van der Waals surface area contributed by atoms with Gasteiger partial charge in [0.25, 0.3) is 0 Å². The molecular weight excluding hydrogens is 110 g/mol. The highest BCUT2D eigenvalue weighted by Gasteiger charge is 1.63. The second kappa shape index (κ2) is 7.15. The molecule has 0 fully saturated rings. The third kappa shape index (κ3) is 7.15. The van der Waals surface area contributed by atoms with E-state index in [4.69, 9.17) is 0 Å². The van der Waals surface area contributed by atoms with Crippen molar-refractivity contribution in [2.24, 2.45) is 4.99 Å². The molecule has 9 heavy (non-hydrogen) atoms. The van der Waals surface area contributed by atoms with Crippen LogP contribution in [0.15, 0.2) is 29.3 Å². The fourth-order valence-corrected chi connectivity index (χ4v) is 0.374. The Morgan fingerprint density at radius 1 is 1.22 bits per heavy atom. The second-order valence-electron chi connectivity index (χ2n) is 1.61. The molecule has 0 radical (unpaired) electrons. The Morgan fingerprint density at radius 3 is 2.56 bits per heavy atom. The lowest BCUT2D eigenvalue weighted by molar-refractivity contribution is 1.25. The molecule has 0 heterocycles. The van der Waals surface area contributed by atoms with E-state index in [-0.39, 0.29) is 0 Å². The summed E-state index contributed by atoms with van der Waals surface area (Å²) in [5.74, 6) is 0. The van der Waals surface area contributed by atoms with Gasteiger partial charge in [-0.05, 0) is 19.9 Å². The molecule has 0 unspecified atom stereocenters. The highest BCUT2D eigenvalue weighted by molar-refractivity contribution is 5.70. The number of nitrogens with zero attached hydrogens (tertiary/aromatic N) is 1. The van der Waals surface area contributed by atoms with Crippen LogP contribution >= 0.6 is 0 Å². The minimum absolute atomic E-state index is 0.792. The van der Waals surface area contributed by atoms with E-state index in [0.29, 0.717) is 0 Å². The molecule has 0 aromatic rings. The van der Waals surface area contributed by atoms with Crippen molar-refractivity contribution in [1.29, 1.82) is 0 Å². The van der Waals surface area contributed by atoms with Gasteiger partial charge in [-0.3, -0.25) is 4.99 Å². The average molecular weight is 123 g/mol. The molecule has 0 bridgehead atoms. The Hall–Kier alpha value is -0.850. The maximum atomic E-state index is 4.05. The highest BCUT2D eigenvalue weighted by atomic mass is 14.7. The van der Waals surface area contributed by atoms with Gasteiger partial charge >= 0.3 is 0 Å². The molecular formula is C8H13N. The maximum absolute atomic E-state index is 4.05. The zero-order valence-corrected chi connectivity index (χ0v) is 6.04. The van der Waals surface area contributed by atoms with Gasteiger partial charge in [0, 0.05) is 6.21 Å². The predicted octanol–water partition coefficient (Wildman–Crippen LogP) is 2.21. The van der Waals surface area contributed by atoms with Crippen LogP contribution in [0.25, 0.3) is 0 Å². The third-order valence-corrected chi connectivity index (χ3v) is 0.830. The summed E-state index contributed by atoms with van der Waals surface area (Å²) < 4.78 is 0. The third-order valence-electron chi connectivity index (χ3n) is 0.830. The topological polar surface area (TPSA) is 12.4 Å². The van der Waals surface area contributed by atoms with Gasteiger partial charge in [0.05, 0.1) is 6.54 Å². The monoisotopic (exact) mass is 123 g/mol. The van der Waals surface area contributed by atoms with E-state index in [0.717, 1.165) is 6.54 Å². The quantitative estimate of drug-likeness (QED) is 0.403. The summed E-state index contributed by atoms with van der Waals surface area (Å²) in [6, 6.07) is 0. The number of allylic oxidation sites excluding steroid dienone is 3. The van der Waals surface area contributed by atoms with Crippen LogP contribution in [-0.4, -0.2) is 12.8 Å². The highest BCUT2D eigenvalue weighted by Crippen LogP contribution is 1.73. The van der Waals surface area contributed by atoms with Crippen LogP contribution in [0.2, 0.25) is 0 Å². The average Bonchev–Trinajstić information content (AvgIpc) is 1.89. The van der Waals surface area contributed by atoms with Crippen molar-refractivity contribution in [3.8, 4) is 0 Å². The van der Waals surface area contributed by atoms with Gasteiger partial charge in [-0.15, -0.1) is 0 Å². The molecule has 0 aliphatic carbocycles. The van der Waals surface area contributed by atoms with E-state index in [1.165, 1.54) is 0 Å². The molecule has 0 aliphatic heterocycles. The van der Waals surface area contributed by atoms with Crippen molar-refractivity contribution in [2.75, 3.05) is 6.54 Å². The summed E-state index contributed by atoms with van der Waals surface area (Å²) in [4.78, 5) is 4.05. The zero-order valence-electron chi connectivity index (χ0n) is 6.04. The van der Waals surface area contributed by atoms with E-state index in [1.54, 1.807) is 6.21 Å². The zero-order chi connectivity index (χ0) is 6.95. The predicted molar refractivity (Wildman–Crippen MR) is 43.0 cm³/mol. The van der Waals surface area contributed by atoms with E-state index in [1.807, 2.05) is 38.2 Å². The molecule has 0 saturated carbocycles. The van der Waals surface area contributed by atoms with Crippen LogP contribution in [0.3, 0.4) is 0 Å². The van der Waals surface area contributed by atoms with Gasteiger partial charge in [-0.25, -0.2) is 0 Å². The fraction of sp³-hybridized carbons (Fsp3) is 0.375. The molecule has 0 spiro atoms. The first-order valence-electron chi connectivity index (χ1n) is 3.14. The Bertz CT molecular complexity index is 121. The molecule has 50 valence electrons. The molecule has 0 aliphatic rings. The van der Waals surface area contributed by atoms with E-state index < -0.39 is 0 Å². The van der Waals surface area contributed by atoms with Crippen LogP contribution in [-0.2, 0) is 0 Å². The molecule has 1 nitrogen and oxygen atoms in total. The first-order chi connectivity index (χ1) is 4.41. The summed E-state index contributed by atoms with van der Waals surface area (Å²) in [6.45, 7) is 4.76. The molecule has 0 aromatic heterocycles. The van der Waals surface area contributed by atoms with E-state index in [9.17, 15) is 0 Å². The van der Waals surface area contributed by atoms with Crippen LogP contribution in [0.4, 0.5) is 0 Å². The molecule has 0 saturated heterocycles. The smallest absolute Gasteiger partial charge is 0.0570 e. The van der Waals surface area contributed by atoms with E-state index in [2.05, 4.69) is 4.99 Å². The Kier molecular flexibility index (Phi) is 6.47. The standard InChI is InChI=1S/C8H13N/c1-3-5-7-9-8-6-4-2/h3-7H,8H2,1-2H3. The molecule has 0 atom stereocenters. The maximum Gasteiger partial charge on any atom is 0.0570 e. The lowest BCUT2D eigenvalue weighted by Gasteiger charge is -1.77. The molecule has 0 rings (SSSR count). The van der Waals surface area contributed by atoms with Gasteiger partial charge in [0.1, 0.15) is 0 Å². The second-order valence-corrected chi connectivity index (χ2v) is 1.61. The van der Waals surface area contributed by atoms with Gasteiger partial charge in [0.2, 0.25) is 0 Å². The van der Waals surface area contributed by atoms with Gasteiger partial charge in [0.15, 0.2) is 0 Å². The molecule has 1 heteroatoms. The largest absolute Gasteiger partial charge is 0.289 e. The first kappa shape index (κ1) is 8.15. The van der Waals surface area contributed by atoms with Crippen molar-refractivity contribution >= 4 is 6.21 Å². The molecule has 0 aromatic carbocycles. The summed E-state index contributed by atoms with van der Waals surface area (Å²) in [7, 11) is 0. The first-order valence-corrected chi connectivity index (χ1v) is 3.14. The number of aliphatic imine (C=N–C) groups is 1. The van der Waals surface area contributed by atoms with Crippen molar-refractivity contribution in [3.63, 3.8) is 0 Å². The molecule has 0 N–H and O–H groups in total. The van der Waals surface area contributed by atoms with Crippen molar-refractivity contribution < 1.29 is 0 Å². The summed E-state index contributed by atoms with van der Waals surface area (Å²) >= 11 is 0. The van der Waals surface area contributed by atoms with Crippen LogP contribution in [0.5, 0.6) is 0 Å². The Morgan fingerprint density at radius 2 is 2.00 bits per heavy atom. The number of rotatable bonds is 3. The summed E-state index contributed by atoms with van der Waals surface area (Å²) in [5.41, 5.74) is 0. The van der Waals surface area contributed by atoms with Crippen molar-refractivity contribution in [1.82, 2.24) is 0 Å². The minimum atomic E-state index is 0.792. The summed E-state index contributed by atoms with van der Waals surface area (Å²) in [5, 5.41) is 0. The Labute approximate surface area is 56.8 Å². The lowest BCUT2D eigenvalue weighted by atomic mass is 10.5. The Balaban J connectivity index is 3.25. The van der Waals surface area contributed by atoms with Crippen LogP contribution in [0.1, 0.15) is 13.8 Å². The van der Waals surface area contributed by atoms with Gasteiger partial charge in [-0.1, -0.05) is 18.2 Å². The summed E-state index contributed by atoms with van der Waals surface area (Å²) in [6.07, 6.45) is 9.69. The van der Waals surface area contributed by atoms with E-state index >= 15 is 0 Å². The molecule has 0 amide bonds. The van der Waals surface area contributed by atoms with Crippen molar-refractivity contribution in [2.45, 2.75) is 13.8 Å². The number of hydrogen-bond donors (Lipinski definition) is 0. The van der Waals surface area contributed by atoms with Gasteiger partial charge < -0.3 is 0 Å². The van der Waals surface area contributed by atoms with Crippen molar-refractivity contribution in [3.05, 3.63) is 24.3 Å². The normalized spacial score (nSPS) is 12.7.